The van der Waals surface area contributed by atoms with Crippen LogP contribution >= 0.6 is 0 Å². The van der Waals surface area contributed by atoms with Gasteiger partial charge in [-0.2, -0.15) is 0 Å². The standard InChI is InChI=1S/C29H31FN2O/c1-6-12-21(13-7-2)25-26(29(33)31-24-14-10-9-11-15-24)27(20(4)5)32(8-3)28(25)22-16-18-23(30)19-17-22/h6-7,9-20H,1,8H2,2-5H3,(H,31,33)/b13-7-,21-12+. The van der Waals surface area contributed by atoms with Gasteiger partial charge in [0.05, 0.1) is 11.3 Å². The van der Waals surface area contributed by atoms with Crippen LogP contribution in [0.2, 0.25) is 0 Å². The van der Waals surface area contributed by atoms with Gasteiger partial charge in [-0.1, -0.05) is 62.9 Å². The SMILES string of the molecule is C=C/C=C(\C=C/C)c1c(C(=O)Nc2ccccc2)c(C(C)C)n(CC)c1-c1ccc(F)cc1. The van der Waals surface area contributed by atoms with Gasteiger partial charge in [0.2, 0.25) is 0 Å². The van der Waals surface area contributed by atoms with Crippen LogP contribution in [-0.4, -0.2) is 10.5 Å². The fourth-order valence-electron chi connectivity index (χ4n) is 4.23. The van der Waals surface area contributed by atoms with Crippen LogP contribution in [0.1, 0.15) is 55.2 Å². The van der Waals surface area contributed by atoms with E-state index < -0.39 is 0 Å². The van der Waals surface area contributed by atoms with Crippen molar-refractivity contribution in [2.24, 2.45) is 0 Å². The largest absolute Gasteiger partial charge is 0.343 e. The van der Waals surface area contributed by atoms with E-state index in [4.69, 9.17) is 0 Å². The van der Waals surface area contributed by atoms with Gasteiger partial charge in [0, 0.05) is 23.5 Å². The summed E-state index contributed by atoms with van der Waals surface area (Å²) in [5, 5.41) is 3.07. The monoisotopic (exact) mass is 442 g/mol. The Morgan fingerprint density at radius 2 is 1.76 bits per heavy atom. The summed E-state index contributed by atoms with van der Waals surface area (Å²) in [4.78, 5) is 13.8. The second-order valence-electron chi connectivity index (χ2n) is 8.07. The molecule has 0 aliphatic carbocycles. The van der Waals surface area contributed by atoms with Gasteiger partial charge >= 0.3 is 0 Å². The number of allylic oxidation sites excluding steroid dienone is 5. The zero-order chi connectivity index (χ0) is 24.0. The number of benzene rings is 2. The molecule has 0 aliphatic rings. The summed E-state index contributed by atoms with van der Waals surface area (Å²) in [5.74, 6) is -0.378. The Morgan fingerprint density at radius 1 is 1.09 bits per heavy atom. The van der Waals surface area contributed by atoms with Crippen molar-refractivity contribution < 1.29 is 9.18 Å². The van der Waals surface area contributed by atoms with E-state index in [1.54, 1.807) is 18.2 Å². The van der Waals surface area contributed by atoms with Gasteiger partial charge in [-0.15, -0.1) is 0 Å². The van der Waals surface area contributed by atoms with E-state index in [-0.39, 0.29) is 17.6 Å². The van der Waals surface area contributed by atoms with Crippen LogP contribution in [0.4, 0.5) is 10.1 Å². The number of rotatable bonds is 8. The van der Waals surface area contributed by atoms with Gasteiger partial charge in [-0.05, 0) is 67.3 Å². The lowest BCUT2D eigenvalue weighted by Gasteiger charge is -2.15. The molecule has 0 radical (unpaired) electrons. The highest BCUT2D eigenvalue weighted by Gasteiger charge is 2.30. The van der Waals surface area contributed by atoms with Crippen LogP contribution in [0.3, 0.4) is 0 Å². The third-order valence-corrected chi connectivity index (χ3v) is 5.48. The van der Waals surface area contributed by atoms with Crippen LogP contribution in [-0.2, 0) is 6.54 Å². The van der Waals surface area contributed by atoms with Crippen LogP contribution in [0.15, 0.2) is 85.5 Å². The molecular formula is C29H31FN2O. The van der Waals surface area contributed by atoms with Crippen LogP contribution in [0, 0.1) is 5.82 Å². The van der Waals surface area contributed by atoms with Gasteiger partial charge in [0.1, 0.15) is 5.82 Å². The maximum absolute atomic E-state index is 13.8. The highest BCUT2D eigenvalue weighted by Crippen LogP contribution is 2.40. The zero-order valence-corrected chi connectivity index (χ0v) is 19.7. The van der Waals surface area contributed by atoms with Crippen molar-refractivity contribution in [3.8, 4) is 11.3 Å². The van der Waals surface area contributed by atoms with Gasteiger partial charge in [0.25, 0.3) is 5.91 Å². The minimum Gasteiger partial charge on any atom is -0.343 e. The summed E-state index contributed by atoms with van der Waals surface area (Å²) in [5.41, 5.74) is 5.74. The average molecular weight is 443 g/mol. The van der Waals surface area contributed by atoms with Crippen molar-refractivity contribution >= 4 is 17.2 Å². The van der Waals surface area contributed by atoms with Gasteiger partial charge < -0.3 is 9.88 Å². The van der Waals surface area contributed by atoms with Crippen LogP contribution in [0.5, 0.6) is 0 Å². The Kier molecular flexibility index (Phi) is 7.83. The fourth-order valence-corrected chi connectivity index (χ4v) is 4.23. The molecule has 4 heteroatoms. The highest BCUT2D eigenvalue weighted by atomic mass is 19.1. The number of aromatic nitrogens is 1. The fraction of sp³-hybridized carbons (Fsp3) is 0.207. The van der Waals surface area contributed by atoms with Crippen molar-refractivity contribution in [1.29, 1.82) is 0 Å². The van der Waals surface area contributed by atoms with E-state index in [1.807, 2.05) is 55.5 Å². The molecule has 1 amide bonds. The predicted octanol–water partition coefficient (Wildman–Crippen LogP) is 7.84. The van der Waals surface area contributed by atoms with E-state index in [9.17, 15) is 9.18 Å². The number of nitrogens with one attached hydrogen (secondary N) is 1. The number of hydrogen-bond donors (Lipinski definition) is 1. The van der Waals surface area contributed by atoms with Gasteiger partial charge in [-0.25, -0.2) is 4.39 Å². The summed E-state index contributed by atoms with van der Waals surface area (Å²) < 4.78 is 15.9. The molecule has 0 aliphatic heterocycles. The molecule has 1 aromatic heterocycles. The molecule has 0 unspecified atom stereocenters. The van der Waals surface area contributed by atoms with Crippen molar-refractivity contribution in [2.75, 3.05) is 5.32 Å². The summed E-state index contributed by atoms with van der Waals surface area (Å²) in [6.45, 7) is 12.7. The molecule has 170 valence electrons. The first-order chi connectivity index (χ1) is 15.9. The summed E-state index contributed by atoms with van der Waals surface area (Å²) >= 11 is 0. The first kappa shape index (κ1) is 24.0. The third kappa shape index (κ3) is 5.06. The first-order valence-corrected chi connectivity index (χ1v) is 11.3. The Hall–Kier alpha value is -3.66. The zero-order valence-electron chi connectivity index (χ0n) is 19.7. The van der Waals surface area contributed by atoms with Crippen molar-refractivity contribution in [3.63, 3.8) is 0 Å². The van der Waals surface area contributed by atoms with E-state index in [2.05, 4.69) is 37.2 Å². The normalized spacial score (nSPS) is 11.9. The summed E-state index contributed by atoms with van der Waals surface area (Å²) in [6.07, 6.45) is 7.56. The molecule has 2 aromatic carbocycles. The van der Waals surface area contributed by atoms with E-state index in [0.717, 1.165) is 33.8 Å². The molecule has 1 heterocycles. The number of nitrogens with zero attached hydrogens (tertiary/aromatic N) is 1. The quantitative estimate of drug-likeness (QED) is 0.354. The summed E-state index contributed by atoms with van der Waals surface area (Å²) in [7, 11) is 0. The Labute approximate surface area is 196 Å². The molecule has 33 heavy (non-hydrogen) atoms. The number of para-hydroxylation sites is 1. The molecule has 3 nitrogen and oxygen atoms in total. The van der Waals surface area contributed by atoms with Crippen LogP contribution < -0.4 is 5.32 Å². The molecule has 0 atom stereocenters. The van der Waals surface area contributed by atoms with Crippen molar-refractivity contribution in [2.45, 2.75) is 40.2 Å². The maximum Gasteiger partial charge on any atom is 0.258 e. The number of anilines is 1. The third-order valence-electron chi connectivity index (χ3n) is 5.48. The highest BCUT2D eigenvalue weighted by molar-refractivity contribution is 6.11. The smallest absolute Gasteiger partial charge is 0.258 e. The summed E-state index contributed by atoms with van der Waals surface area (Å²) in [6, 6.07) is 15.9. The average Bonchev–Trinajstić information content (AvgIpc) is 3.15. The predicted molar refractivity (Wildman–Crippen MR) is 137 cm³/mol. The maximum atomic E-state index is 13.8. The molecular weight excluding hydrogens is 411 g/mol. The van der Waals surface area contributed by atoms with E-state index in [1.165, 1.54) is 12.1 Å². The molecule has 0 saturated carbocycles. The number of hydrogen-bond acceptors (Lipinski definition) is 1. The van der Waals surface area contributed by atoms with E-state index >= 15 is 0 Å². The topological polar surface area (TPSA) is 34.0 Å². The van der Waals surface area contributed by atoms with E-state index in [0.29, 0.717) is 12.1 Å². The minimum atomic E-state index is -0.295. The van der Waals surface area contributed by atoms with Gasteiger partial charge in [-0.3, -0.25) is 4.79 Å². The molecule has 0 spiro atoms. The lowest BCUT2D eigenvalue weighted by Crippen LogP contribution is -2.16. The first-order valence-electron chi connectivity index (χ1n) is 11.3. The molecule has 0 bridgehead atoms. The number of carbonyl (C=O) groups is 1. The lowest BCUT2D eigenvalue weighted by atomic mass is 9.93. The number of amides is 1. The Balaban J connectivity index is 2.40. The number of halogens is 1. The van der Waals surface area contributed by atoms with Crippen LogP contribution in [0.25, 0.3) is 16.8 Å². The molecule has 1 N–H and O–H groups in total. The van der Waals surface area contributed by atoms with Crippen molar-refractivity contribution in [1.82, 2.24) is 4.57 Å². The molecule has 3 rings (SSSR count). The number of carbonyl (C=O) groups excluding carboxylic acids is 1. The van der Waals surface area contributed by atoms with Crippen molar-refractivity contribution in [3.05, 3.63) is 108 Å². The lowest BCUT2D eigenvalue weighted by molar-refractivity contribution is 0.102. The molecule has 3 aromatic rings. The second-order valence-corrected chi connectivity index (χ2v) is 8.07. The minimum absolute atomic E-state index is 0.0880. The molecule has 0 saturated heterocycles. The Morgan fingerprint density at radius 3 is 2.30 bits per heavy atom. The Bertz CT molecular complexity index is 1180. The van der Waals surface area contributed by atoms with Gasteiger partial charge in [0.15, 0.2) is 0 Å². The molecule has 0 fully saturated rings. The second kappa shape index (κ2) is 10.8.